The molecule has 1 saturated carbocycles. The zero-order chi connectivity index (χ0) is 9.90. The predicted octanol–water partition coefficient (Wildman–Crippen LogP) is 1.59. The highest BCUT2D eigenvalue weighted by molar-refractivity contribution is 5.90. The van der Waals surface area contributed by atoms with Gasteiger partial charge in [-0.25, -0.2) is 5.43 Å². The Hall–Kier alpha value is -1.07. The number of halogens is 3. The lowest BCUT2D eigenvalue weighted by molar-refractivity contribution is -0.153. The van der Waals surface area contributed by atoms with E-state index in [9.17, 15) is 18.0 Å². The van der Waals surface area contributed by atoms with Gasteiger partial charge >= 0.3 is 6.18 Å². The Labute approximate surface area is 73.0 Å². The average molecular weight is 194 g/mol. The molecule has 1 aliphatic carbocycles. The number of nitrogens with zero attached hydrogens (tertiary/aromatic N) is 1. The van der Waals surface area contributed by atoms with Crippen LogP contribution >= 0.6 is 0 Å². The molecule has 0 aromatic heterocycles. The first-order valence-corrected chi connectivity index (χ1v) is 3.88. The molecule has 3 nitrogen and oxygen atoms in total. The van der Waals surface area contributed by atoms with Crippen molar-refractivity contribution in [3.63, 3.8) is 0 Å². The van der Waals surface area contributed by atoms with Crippen LogP contribution in [0.1, 0.15) is 25.7 Å². The molecule has 6 heteroatoms. The molecule has 0 heterocycles. The number of hydrogen-bond acceptors (Lipinski definition) is 2. The third kappa shape index (κ3) is 3.91. The molecule has 13 heavy (non-hydrogen) atoms. The van der Waals surface area contributed by atoms with Crippen LogP contribution in [0.15, 0.2) is 5.10 Å². The molecule has 1 fully saturated rings. The third-order valence-electron chi connectivity index (χ3n) is 1.63. The Bertz CT molecular complexity index is 228. The van der Waals surface area contributed by atoms with Crippen LogP contribution in [0.25, 0.3) is 0 Å². The van der Waals surface area contributed by atoms with E-state index in [2.05, 4.69) is 5.10 Å². The number of hydrogen-bond donors (Lipinski definition) is 1. The summed E-state index contributed by atoms with van der Waals surface area (Å²) in [4.78, 5) is 10.6. The zero-order valence-electron chi connectivity index (χ0n) is 6.82. The topological polar surface area (TPSA) is 41.5 Å². The van der Waals surface area contributed by atoms with Gasteiger partial charge < -0.3 is 0 Å². The summed E-state index contributed by atoms with van der Waals surface area (Å²) in [7, 11) is 0. The van der Waals surface area contributed by atoms with Crippen molar-refractivity contribution in [2.45, 2.75) is 31.9 Å². The van der Waals surface area contributed by atoms with Gasteiger partial charge in [0.2, 0.25) is 5.91 Å². The molecule has 1 amide bonds. The molecule has 1 rings (SSSR count). The maximum absolute atomic E-state index is 11.6. The summed E-state index contributed by atoms with van der Waals surface area (Å²) in [5.41, 5.74) is 2.63. The van der Waals surface area contributed by atoms with Crippen LogP contribution in [0.5, 0.6) is 0 Å². The van der Waals surface area contributed by atoms with Gasteiger partial charge in [0, 0.05) is 5.71 Å². The molecule has 1 N–H and O–H groups in total. The van der Waals surface area contributed by atoms with Crippen LogP contribution < -0.4 is 5.43 Å². The van der Waals surface area contributed by atoms with E-state index in [0.717, 1.165) is 25.0 Å². The molecule has 74 valence electrons. The lowest BCUT2D eigenvalue weighted by atomic mass is 9.98. The van der Waals surface area contributed by atoms with Crippen LogP contribution in [0.2, 0.25) is 0 Å². The van der Waals surface area contributed by atoms with Crippen LogP contribution in [-0.2, 0) is 4.79 Å². The van der Waals surface area contributed by atoms with Gasteiger partial charge in [0.05, 0.1) is 0 Å². The van der Waals surface area contributed by atoms with Crippen molar-refractivity contribution in [1.82, 2.24) is 5.43 Å². The predicted molar refractivity (Wildman–Crippen MR) is 40.1 cm³/mol. The molecule has 0 atom stereocenters. The second-order valence-electron chi connectivity index (χ2n) is 2.86. The average Bonchev–Trinajstić information content (AvgIpc) is 1.78. The van der Waals surface area contributed by atoms with Crippen molar-refractivity contribution in [3.05, 3.63) is 0 Å². The lowest BCUT2D eigenvalue weighted by Gasteiger charge is -2.14. The standard InChI is InChI=1S/C7H9F3N2O/c8-7(9,10)4-6(13)12-11-5-2-1-3-5/h1-4H2,(H,12,13). The van der Waals surface area contributed by atoms with E-state index < -0.39 is 18.5 Å². The van der Waals surface area contributed by atoms with Crippen molar-refractivity contribution in [3.8, 4) is 0 Å². The fraction of sp³-hybridized carbons (Fsp3) is 0.714. The molecule has 0 saturated heterocycles. The second kappa shape index (κ2) is 3.76. The Kier molecular flexibility index (Phi) is 2.90. The highest BCUT2D eigenvalue weighted by Crippen LogP contribution is 2.19. The number of amides is 1. The van der Waals surface area contributed by atoms with Gasteiger partial charge in [-0.05, 0) is 19.3 Å². The zero-order valence-corrected chi connectivity index (χ0v) is 6.82. The summed E-state index contributed by atoms with van der Waals surface area (Å²) in [5, 5.41) is 3.53. The molecular weight excluding hydrogens is 185 g/mol. The maximum atomic E-state index is 11.6. The van der Waals surface area contributed by atoms with Crippen LogP contribution in [0.4, 0.5) is 13.2 Å². The Morgan fingerprint density at radius 3 is 2.46 bits per heavy atom. The fourth-order valence-electron chi connectivity index (χ4n) is 0.810. The summed E-state index contributed by atoms with van der Waals surface area (Å²) in [6.45, 7) is 0. The molecular formula is C7H9F3N2O. The van der Waals surface area contributed by atoms with Crippen molar-refractivity contribution in [2.75, 3.05) is 0 Å². The van der Waals surface area contributed by atoms with Gasteiger partial charge in [-0.2, -0.15) is 18.3 Å². The van der Waals surface area contributed by atoms with Crippen LogP contribution in [0, 0.1) is 0 Å². The lowest BCUT2D eigenvalue weighted by Crippen LogP contribution is -2.27. The summed E-state index contributed by atoms with van der Waals surface area (Å²) in [5.74, 6) is -1.10. The number of rotatable bonds is 2. The summed E-state index contributed by atoms with van der Waals surface area (Å²) in [6, 6.07) is 0. The highest BCUT2D eigenvalue weighted by atomic mass is 19.4. The minimum atomic E-state index is -4.45. The van der Waals surface area contributed by atoms with E-state index in [0.29, 0.717) is 0 Å². The summed E-state index contributed by atoms with van der Waals surface area (Å²) >= 11 is 0. The van der Waals surface area contributed by atoms with Crippen molar-refractivity contribution in [2.24, 2.45) is 5.10 Å². The van der Waals surface area contributed by atoms with E-state index in [1.807, 2.05) is 5.43 Å². The molecule has 0 aliphatic heterocycles. The molecule has 0 spiro atoms. The van der Waals surface area contributed by atoms with Crippen molar-refractivity contribution >= 4 is 11.6 Å². The Morgan fingerprint density at radius 2 is 2.08 bits per heavy atom. The van der Waals surface area contributed by atoms with Crippen molar-refractivity contribution < 1.29 is 18.0 Å². The minimum Gasteiger partial charge on any atom is -0.273 e. The van der Waals surface area contributed by atoms with Gasteiger partial charge in [0.25, 0.3) is 0 Å². The molecule has 0 aromatic rings. The Morgan fingerprint density at radius 1 is 1.46 bits per heavy atom. The third-order valence-corrected chi connectivity index (χ3v) is 1.63. The van der Waals surface area contributed by atoms with Crippen LogP contribution in [0.3, 0.4) is 0 Å². The smallest absolute Gasteiger partial charge is 0.273 e. The van der Waals surface area contributed by atoms with E-state index in [-0.39, 0.29) is 0 Å². The number of hydrazone groups is 1. The summed E-state index contributed by atoms with van der Waals surface area (Å²) in [6.07, 6.45) is -3.39. The van der Waals surface area contributed by atoms with Gasteiger partial charge in [-0.1, -0.05) is 0 Å². The number of carbonyl (C=O) groups is 1. The fourth-order valence-corrected chi connectivity index (χ4v) is 0.810. The van der Waals surface area contributed by atoms with Gasteiger partial charge in [0.1, 0.15) is 6.42 Å². The van der Waals surface area contributed by atoms with Gasteiger partial charge in [-0.3, -0.25) is 4.79 Å². The van der Waals surface area contributed by atoms with E-state index >= 15 is 0 Å². The number of nitrogens with one attached hydrogen (secondary N) is 1. The molecule has 0 aromatic carbocycles. The van der Waals surface area contributed by atoms with E-state index in [1.165, 1.54) is 0 Å². The largest absolute Gasteiger partial charge is 0.397 e. The summed E-state index contributed by atoms with van der Waals surface area (Å²) < 4.78 is 34.9. The first-order chi connectivity index (χ1) is 5.97. The minimum absolute atomic E-state index is 0.760. The van der Waals surface area contributed by atoms with Gasteiger partial charge in [0.15, 0.2) is 0 Å². The molecule has 0 radical (unpaired) electrons. The second-order valence-corrected chi connectivity index (χ2v) is 2.86. The van der Waals surface area contributed by atoms with Crippen LogP contribution in [-0.4, -0.2) is 17.8 Å². The number of carbonyl (C=O) groups excluding carboxylic acids is 1. The highest BCUT2D eigenvalue weighted by Gasteiger charge is 2.31. The first kappa shape index (κ1) is 10.0. The molecule has 0 unspecified atom stereocenters. The van der Waals surface area contributed by atoms with Crippen molar-refractivity contribution in [1.29, 1.82) is 0 Å². The van der Waals surface area contributed by atoms with E-state index in [1.54, 1.807) is 0 Å². The SMILES string of the molecule is O=C(CC(F)(F)F)NN=C1CCC1. The number of alkyl halides is 3. The maximum Gasteiger partial charge on any atom is 0.397 e. The molecule has 0 bridgehead atoms. The quantitative estimate of drug-likeness (QED) is 0.666. The van der Waals surface area contributed by atoms with E-state index in [4.69, 9.17) is 0 Å². The first-order valence-electron chi connectivity index (χ1n) is 3.88. The normalized spacial score (nSPS) is 16.4. The van der Waals surface area contributed by atoms with Gasteiger partial charge in [-0.15, -0.1) is 0 Å². The molecule has 1 aliphatic rings. The monoisotopic (exact) mass is 194 g/mol. The Balaban J connectivity index is 2.25.